The van der Waals surface area contributed by atoms with Gasteiger partial charge in [0.1, 0.15) is 28.3 Å². The van der Waals surface area contributed by atoms with Crippen LogP contribution in [0.25, 0.3) is 11.1 Å². The molecule has 0 saturated carbocycles. The van der Waals surface area contributed by atoms with E-state index in [1.165, 1.54) is 18.2 Å². The number of rotatable bonds is 5. The lowest BCUT2D eigenvalue weighted by Gasteiger charge is -2.17. The first-order valence-corrected chi connectivity index (χ1v) is 10.8. The van der Waals surface area contributed by atoms with E-state index in [2.05, 4.69) is 0 Å². The van der Waals surface area contributed by atoms with Gasteiger partial charge in [0, 0.05) is 28.7 Å². The molecule has 3 aromatic rings. The third kappa shape index (κ3) is 3.55. The van der Waals surface area contributed by atoms with Crippen molar-refractivity contribution in [2.45, 2.75) is 24.3 Å². The smallest absolute Gasteiger partial charge is 0.297 e. The van der Waals surface area contributed by atoms with E-state index >= 15 is 0 Å². The number of aryl methyl sites for hydroxylation is 1. The van der Waals surface area contributed by atoms with Crippen LogP contribution >= 0.6 is 0 Å². The van der Waals surface area contributed by atoms with E-state index in [9.17, 15) is 12.8 Å². The molecule has 7 heteroatoms. The highest BCUT2D eigenvalue weighted by atomic mass is 32.2. The lowest BCUT2D eigenvalue weighted by molar-refractivity contribution is 0.235. The number of halogens is 1. The van der Waals surface area contributed by atoms with Crippen LogP contribution in [0.5, 0.6) is 11.5 Å². The maximum atomic E-state index is 14.4. The van der Waals surface area contributed by atoms with E-state index in [0.717, 1.165) is 12.7 Å². The number of benzene rings is 3. The summed E-state index contributed by atoms with van der Waals surface area (Å²) in [6.45, 7) is 1.87. The van der Waals surface area contributed by atoms with E-state index < -0.39 is 22.0 Å². The maximum Gasteiger partial charge on any atom is 0.297 e. The third-order valence-corrected chi connectivity index (χ3v) is 6.54. The first-order valence-electron chi connectivity index (χ1n) is 9.37. The van der Waals surface area contributed by atoms with E-state index in [1.54, 1.807) is 25.3 Å². The molecule has 0 N–H and O–H groups in total. The Morgan fingerprint density at radius 1 is 1.03 bits per heavy atom. The van der Waals surface area contributed by atoms with E-state index in [0.29, 0.717) is 40.2 Å². The van der Waals surface area contributed by atoms with Gasteiger partial charge < -0.3 is 9.47 Å². The molecule has 30 heavy (non-hydrogen) atoms. The molecule has 4 rings (SSSR count). The molecule has 0 radical (unpaired) electrons. The first kappa shape index (κ1) is 20.4. The number of methoxy groups -OCH3 is 1. The molecule has 5 nitrogen and oxygen atoms in total. The Bertz CT molecular complexity index is 1220. The highest BCUT2D eigenvalue weighted by Crippen LogP contribution is 2.47. The maximum absolute atomic E-state index is 14.4. The fourth-order valence-corrected chi connectivity index (χ4v) is 4.70. The average molecular weight is 428 g/mol. The molecule has 1 aliphatic heterocycles. The summed E-state index contributed by atoms with van der Waals surface area (Å²) < 4.78 is 55.7. The van der Waals surface area contributed by atoms with E-state index in [4.69, 9.17) is 13.7 Å². The van der Waals surface area contributed by atoms with Gasteiger partial charge in [0.25, 0.3) is 10.1 Å². The molecule has 0 amide bonds. The molecule has 1 heterocycles. The number of fused-ring (bicyclic) bond motifs is 1. The van der Waals surface area contributed by atoms with Gasteiger partial charge in [-0.15, -0.1) is 0 Å². The van der Waals surface area contributed by atoms with Crippen LogP contribution in [0, 0.1) is 12.7 Å². The molecule has 0 bridgehead atoms. The van der Waals surface area contributed by atoms with Crippen molar-refractivity contribution < 1.29 is 26.5 Å². The quantitative estimate of drug-likeness (QED) is 0.545. The van der Waals surface area contributed by atoms with Gasteiger partial charge in [-0.1, -0.05) is 35.9 Å². The third-order valence-electron chi connectivity index (χ3n) is 5.19. The van der Waals surface area contributed by atoms with Gasteiger partial charge in [-0.05, 0) is 31.2 Å². The molecule has 1 aliphatic rings. The summed E-state index contributed by atoms with van der Waals surface area (Å²) in [6.07, 6.45) is -0.250. The fraction of sp³-hybridized carbons (Fsp3) is 0.217. The first-order chi connectivity index (χ1) is 14.3. The second-order valence-corrected chi connectivity index (χ2v) is 8.80. The molecule has 0 aliphatic carbocycles. The van der Waals surface area contributed by atoms with Crippen LogP contribution in [0.1, 0.15) is 22.8 Å². The molecule has 3 aromatic carbocycles. The summed E-state index contributed by atoms with van der Waals surface area (Å²) >= 11 is 0. The summed E-state index contributed by atoms with van der Waals surface area (Å²) in [7, 11) is -1.25. The SMILES string of the molecule is COc1ccccc1-c1cc(F)cc2c1OC(c1cc(C)ccc1S(=O)(=O)OC)C2. The predicted molar refractivity (Wildman–Crippen MR) is 111 cm³/mol. The predicted octanol–water partition coefficient (Wildman–Crippen LogP) is 4.82. The van der Waals surface area contributed by atoms with Crippen molar-refractivity contribution in [3.63, 3.8) is 0 Å². The normalized spacial score (nSPS) is 15.5. The van der Waals surface area contributed by atoms with Gasteiger partial charge in [-0.25, -0.2) is 4.39 Å². The largest absolute Gasteiger partial charge is 0.496 e. The number of para-hydroxylation sites is 1. The van der Waals surface area contributed by atoms with Crippen molar-refractivity contribution in [3.05, 3.63) is 77.1 Å². The zero-order valence-electron chi connectivity index (χ0n) is 16.8. The summed E-state index contributed by atoms with van der Waals surface area (Å²) in [6, 6.07) is 15.1. The van der Waals surface area contributed by atoms with Crippen LogP contribution in [0.15, 0.2) is 59.5 Å². The zero-order valence-corrected chi connectivity index (χ0v) is 17.6. The molecule has 0 aromatic heterocycles. The van der Waals surface area contributed by atoms with E-state index in [-0.39, 0.29) is 4.90 Å². The minimum absolute atomic E-state index is 0.0488. The van der Waals surface area contributed by atoms with Gasteiger partial charge in [0.05, 0.1) is 14.2 Å². The van der Waals surface area contributed by atoms with Crippen LogP contribution in [0.2, 0.25) is 0 Å². The van der Waals surface area contributed by atoms with Gasteiger partial charge in [0.15, 0.2) is 0 Å². The number of ether oxygens (including phenoxy) is 2. The van der Waals surface area contributed by atoms with Crippen molar-refractivity contribution in [2.24, 2.45) is 0 Å². The summed E-state index contributed by atoms with van der Waals surface area (Å²) in [5, 5.41) is 0. The molecule has 0 fully saturated rings. The molecule has 1 unspecified atom stereocenters. The van der Waals surface area contributed by atoms with Crippen molar-refractivity contribution >= 4 is 10.1 Å². The molecule has 156 valence electrons. The minimum Gasteiger partial charge on any atom is -0.496 e. The number of hydrogen-bond donors (Lipinski definition) is 0. The molecule has 0 saturated heterocycles. The fourth-order valence-electron chi connectivity index (χ4n) is 3.80. The van der Waals surface area contributed by atoms with Crippen LogP contribution in [0.3, 0.4) is 0 Å². The Balaban J connectivity index is 1.83. The summed E-state index contributed by atoms with van der Waals surface area (Å²) in [5.74, 6) is 0.719. The molecular weight excluding hydrogens is 407 g/mol. The lowest BCUT2D eigenvalue weighted by Crippen LogP contribution is -2.12. The Kier molecular flexibility index (Phi) is 5.26. The van der Waals surface area contributed by atoms with Crippen LogP contribution in [0.4, 0.5) is 4.39 Å². The van der Waals surface area contributed by atoms with Gasteiger partial charge >= 0.3 is 0 Å². The molecule has 0 spiro atoms. The second-order valence-electron chi connectivity index (χ2n) is 7.11. The summed E-state index contributed by atoms with van der Waals surface area (Å²) in [5.41, 5.74) is 3.30. The van der Waals surface area contributed by atoms with Crippen molar-refractivity contribution in [1.29, 1.82) is 0 Å². The lowest BCUT2D eigenvalue weighted by atomic mass is 9.98. The highest BCUT2D eigenvalue weighted by Gasteiger charge is 2.33. The van der Waals surface area contributed by atoms with Crippen molar-refractivity contribution in [2.75, 3.05) is 14.2 Å². The van der Waals surface area contributed by atoms with Crippen molar-refractivity contribution in [1.82, 2.24) is 0 Å². The molecular formula is C23H21FO5S. The Morgan fingerprint density at radius 3 is 2.53 bits per heavy atom. The standard InChI is InChI=1S/C23H21FO5S/c1-14-8-9-22(30(25,26)28-3)19(10-14)21-12-15-11-16(24)13-18(23(15)29-21)17-6-4-5-7-20(17)27-2/h4-11,13,21H,12H2,1-3H3. The molecule has 1 atom stereocenters. The van der Waals surface area contributed by atoms with Crippen molar-refractivity contribution in [3.8, 4) is 22.6 Å². The summed E-state index contributed by atoms with van der Waals surface area (Å²) in [4.78, 5) is 0.0488. The number of hydrogen-bond acceptors (Lipinski definition) is 5. The van der Waals surface area contributed by atoms with Crippen LogP contribution < -0.4 is 9.47 Å². The Hall–Kier alpha value is -2.90. The Morgan fingerprint density at radius 2 is 1.80 bits per heavy atom. The van der Waals surface area contributed by atoms with Crippen LogP contribution in [-0.4, -0.2) is 22.6 Å². The van der Waals surface area contributed by atoms with Gasteiger partial charge in [-0.3, -0.25) is 4.18 Å². The monoisotopic (exact) mass is 428 g/mol. The van der Waals surface area contributed by atoms with Gasteiger partial charge in [0.2, 0.25) is 0 Å². The van der Waals surface area contributed by atoms with Gasteiger partial charge in [-0.2, -0.15) is 8.42 Å². The van der Waals surface area contributed by atoms with E-state index in [1.807, 2.05) is 25.1 Å². The second kappa shape index (κ2) is 7.74. The minimum atomic E-state index is -3.93. The Labute approximate surface area is 175 Å². The topological polar surface area (TPSA) is 61.8 Å². The average Bonchev–Trinajstić information content (AvgIpc) is 3.16. The highest BCUT2D eigenvalue weighted by molar-refractivity contribution is 7.86. The zero-order chi connectivity index (χ0) is 21.5. The van der Waals surface area contributed by atoms with Crippen LogP contribution in [-0.2, 0) is 20.7 Å².